The molecule has 6 nitrogen and oxygen atoms in total. The zero-order valence-corrected chi connectivity index (χ0v) is 14.4. The predicted molar refractivity (Wildman–Crippen MR) is 82.6 cm³/mol. The molecule has 0 bridgehead atoms. The third-order valence-electron chi connectivity index (χ3n) is 3.51. The van der Waals surface area contributed by atoms with Gasteiger partial charge in [-0.2, -0.15) is 0 Å². The Bertz CT molecular complexity index is 377. The van der Waals surface area contributed by atoms with E-state index in [1.807, 2.05) is 0 Å². The van der Waals surface area contributed by atoms with Gasteiger partial charge in [-0.1, -0.05) is 13.3 Å². The average Bonchev–Trinajstić information content (AvgIpc) is 2.44. The topological polar surface area (TPSA) is 65.1 Å². The molecule has 1 aliphatic heterocycles. The predicted octanol–water partition coefficient (Wildman–Crippen LogP) is 2.74. The number of carbonyl (C=O) groups is 2. The van der Waals surface area contributed by atoms with Crippen LogP contribution in [0.15, 0.2) is 0 Å². The molecular formula is C16H29NO5. The number of piperidine rings is 1. The number of carbonyl (C=O) groups excluding carboxylic acids is 2. The Morgan fingerprint density at radius 3 is 2.50 bits per heavy atom. The highest BCUT2D eigenvalue weighted by Crippen LogP contribution is 2.23. The van der Waals surface area contributed by atoms with Crippen molar-refractivity contribution in [2.75, 3.05) is 20.3 Å². The van der Waals surface area contributed by atoms with Crippen LogP contribution in [0.2, 0.25) is 0 Å². The number of ether oxygens (including phenoxy) is 3. The first-order chi connectivity index (χ1) is 10.3. The molecule has 1 aliphatic rings. The van der Waals surface area contributed by atoms with Gasteiger partial charge in [0.2, 0.25) is 0 Å². The molecule has 0 spiro atoms. The fraction of sp³-hybridized carbons (Fsp3) is 0.875. The minimum Gasteiger partial charge on any atom is -0.467 e. The van der Waals surface area contributed by atoms with Crippen molar-refractivity contribution >= 4 is 12.1 Å². The van der Waals surface area contributed by atoms with E-state index in [1.54, 1.807) is 20.8 Å². The van der Waals surface area contributed by atoms with E-state index in [2.05, 4.69) is 6.92 Å². The molecular weight excluding hydrogens is 286 g/mol. The summed E-state index contributed by atoms with van der Waals surface area (Å²) in [4.78, 5) is 25.7. The van der Waals surface area contributed by atoms with Crippen molar-refractivity contribution < 1.29 is 23.8 Å². The van der Waals surface area contributed by atoms with Gasteiger partial charge in [0.05, 0.1) is 13.2 Å². The number of likely N-dealkylation sites (tertiary alicyclic amines) is 1. The summed E-state index contributed by atoms with van der Waals surface area (Å²) >= 11 is 0. The number of unbranched alkanes of at least 4 members (excludes halogenated alkanes) is 1. The minimum atomic E-state index is -0.639. The largest absolute Gasteiger partial charge is 0.467 e. The summed E-state index contributed by atoms with van der Waals surface area (Å²) in [6.07, 6.45) is 2.72. The molecule has 0 aromatic heterocycles. The molecule has 1 saturated heterocycles. The minimum absolute atomic E-state index is 0.0191. The second kappa shape index (κ2) is 8.36. The maximum Gasteiger partial charge on any atom is 0.411 e. The van der Waals surface area contributed by atoms with Crippen LogP contribution in [-0.4, -0.2) is 55.0 Å². The Labute approximate surface area is 133 Å². The van der Waals surface area contributed by atoms with Crippen LogP contribution in [-0.2, 0) is 19.0 Å². The van der Waals surface area contributed by atoms with Gasteiger partial charge in [0.25, 0.3) is 0 Å². The summed E-state index contributed by atoms with van der Waals surface area (Å²) in [5, 5.41) is 0. The first kappa shape index (κ1) is 18.7. The summed E-state index contributed by atoms with van der Waals surface area (Å²) in [5.41, 5.74) is -0.591. The molecule has 1 rings (SSSR count). The summed E-state index contributed by atoms with van der Waals surface area (Å²) in [6, 6.07) is -0.639. The molecule has 0 aliphatic carbocycles. The number of hydrogen-bond donors (Lipinski definition) is 0. The quantitative estimate of drug-likeness (QED) is 0.576. The van der Waals surface area contributed by atoms with E-state index < -0.39 is 23.7 Å². The van der Waals surface area contributed by atoms with Gasteiger partial charge in [0.1, 0.15) is 11.6 Å². The SMILES string of the molecule is CCCCOC1CCN(C(=O)OC(C)(C)C)[C@H](C(=O)OC)C1. The molecule has 2 atom stereocenters. The molecule has 0 aromatic rings. The van der Waals surface area contributed by atoms with E-state index in [0.29, 0.717) is 26.0 Å². The van der Waals surface area contributed by atoms with E-state index in [-0.39, 0.29) is 6.10 Å². The number of methoxy groups -OCH3 is 1. The molecule has 22 heavy (non-hydrogen) atoms. The van der Waals surface area contributed by atoms with Gasteiger partial charge in [-0.05, 0) is 33.6 Å². The molecule has 6 heteroatoms. The van der Waals surface area contributed by atoms with Gasteiger partial charge in [-0.15, -0.1) is 0 Å². The number of nitrogens with zero attached hydrogens (tertiary/aromatic N) is 1. The fourth-order valence-corrected chi connectivity index (χ4v) is 2.38. The Balaban J connectivity index is 2.69. The zero-order chi connectivity index (χ0) is 16.8. The lowest BCUT2D eigenvalue weighted by molar-refractivity contribution is -0.150. The van der Waals surface area contributed by atoms with Gasteiger partial charge >= 0.3 is 12.1 Å². The Morgan fingerprint density at radius 2 is 1.95 bits per heavy atom. The number of esters is 1. The molecule has 0 aromatic carbocycles. The lowest BCUT2D eigenvalue weighted by Gasteiger charge is -2.38. The second-order valence-corrected chi connectivity index (χ2v) is 6.58. The highest BCUT2D eigenvalue weighted by Gasteiger charge is 2.39. The molecule has 1 unspecified atom stereocenters. The molecule has 128 valence electrons. The van der Waals surface area contributed by atoms with E-state index in [9.17, 15) is 9.59 Å². The van der Waals surface area contributed by atoms with E-state index >= 15 is 0 Å². The van der Waals surface area contributed by atoms with Gasteiger partial charge in [0, 0.05) is 19.6 Å². The van der Waals surface area contributed by atoms with Crippen molar-refractivity contribution in [3.63, 3.8) is 0 Å². The third-order valence-corrected chi connectivity index (χ3v) is 3.51. The van der Waals surface area contributed by atoms with Crippen LogP contribution in [0.3, 0.4) is 0 Å². The van der Waals surface area contributed by atoms with Gasteiger partial charge in [0.15, 0.2) is 0 Å². The van der Waals surface area contributed by atoms with Crippen molar-refractivity contribution in [1.29, 1.82) is 0 Å². The summed E-state index contributed by atoms with van der Waals surface area (Å²) < 4.78 is 16.0. The standard InChI is InChI=1S/C16H29NO5/c1-6-7-10-21-12-8-9-17(13(11-12)14(18)20-5)15(19)22-16(2,3)4/h12-13H,6-11H2,1-5H3/t12?,13-/m0/s1. The van der Waals surface area contributed by atoms with Crippen molar-refractivity contribution in [3.05, 3.63) is 0 Å². The van der Waals surface area contributed by atoms with Crippen LogP contribution in [0.4, 0.5) is 4.79 Å². The van der Waals surface area contributed by atoms with Crippen LogP contribution < -0.4 is 0 Å². The highest BCUT2D eigenvalue weighted by atomic mass is 16.6. The highest BCUT2D eigenvalue weighted by molar-refractivity contribution is 5.81. The Morgan fingerprint density at radius 1 is 1.27 bits per heavy atom. The van der Waals surface area contributed by atoms with Crippen molar-refractivity contribution in [2.45, 2.75) is 71.1 Å². The molecule has 0 N–H and O–H groups in total. The monoisotopic (exact) mass is 315 g/mol. The third kappa shape index (κ3) is 5.83. The van der Waals surface area contributed by atoms with Crippen LogP contribution in [0.1, 0.15) is 53.4 Å². The van der Waals surface area contributed by atoms with E-state index in [1.165, 1.54) is 12.0 Å². The van der Waals surface area contributed by atoms with Gasteiger partial charge in [-0.25, -0.2) is 9.59 Å². The van der Waals surface area contributed by atoms with Gasteiger partial charge < -0.3 is 14.2 Å². The average molecular weight is 315 g/mol. The molecule has 1 heterocycles. The van der Waals surface area contributed by atoms with Crippen LogP contribution >= 0.6 is 0 Å². The summed E-state index contributed by atoms with van der Waals surface area (Å²) in [6.45, 7) is 8.63. The fourth-order valence-electron chi connectivity index (χ4n) is 2.38. The smallest absolute Gasteiger partial charge is 0.411 e. The Hall–Kier alpha value is -1.30. The van der Waals surface area contributed by atoms with Crippen molar-refractivity contribution in [1.82, 2.24) is 4.90 Å². The first-order valence-corrected chi connectivity index (χ1v) is 7.97. The number of rotatable bonds is 5. The Kier molecular flexibility index (Phi) is 7.13. The van der Waals surface area contributed by atoms with E-state index in [4.69, 9.17) is 14.2 Å². The summed E-state index contributed by atoms with van der Waals surface area (Å²) in [7, 11) is 1.33. The maximum atomic E-state index is 12.3. The second-order valence-electron chi connectivity index (χ2n) is 6.58. The lowest BCUT2D eigenvalue weighted by atomic mass is 9.99. The van der Waals surface area contributed by atoms with Crippen LogP contribution in [0, 0.1) is 0 Å². The number of amides is 1. The summed E-state index contributed by atoms with van der Waals surface area (Å²) in [5.74, 6) is -0.422. The molecule has 0 saturated carbocycles. The van der Waals surface area contributed by atoms with Crippen LogP contribution in [0.5, 0.6) is 0 Å². The molecule has 0 radical (unpaired) electrons. The van der Waals surface area contributed by atoms with Gasteiger partial charge in [-0.3, -0.25) is 4.90 Å². The normalized spacial score (nSPS) is 22.3. The number of hydrogen-bond acceptors (Lipinski definition) is 5. The maximum absolute atomic E-state index is 12.3. The van der Waals surface area contributed by atoms with Crippen molar-refractivity contribution in [3.8, 4) is 0 Å². The first-order valence-electron chi connectivity index (χ1n) is 7.97. The van der Waals surface area contributed by atoms with Crippen LogP contribution in [0.25, 0.3) is 0 Å². The molecule has 1 fully saturated rings. The molecule has 1 amide bonds. The van der Waals surface area contributed by atoms with E-state index in [0.717, 1.165) is 12.8 Å². The lowest BCUT2D eigenvalue weighted by Crippen LogP contribution is -2.53. The zero-order valence-electron chi connectivity index (χ0n) is 14.4. The van der Waals surface area contributed by atoms with Crippen molar-refractivity contribution in [2.24, 2.45) is 0 Å².